The Morgan fingerprint density at radius 2 is 2.42 bits per heavy atom. The molecule has 0 amide bonds. The molecular formula is C14H26N4O. The number of nitrogens with zero attached hydrogens (tertiary/aromatic N) is 3. The Labute approximate surface area is 116 Å². The number of imidazole rings is 1. The Bertz CT molecular complexity index is 364. The van der Waals surface area contributed by atoms with E-state index in [1.54, 1.807) is 7.11 Å². The number of aromatic nitrogens is 2. The average molecular weight is 266 g/mol. The van der Waals surface area contributed by atoms with Gasteiger partial charge in [0.25, 0.3) is 0 Å². The molecule has 0 radical (unpaired) electrons. The SMILES string of the molecule is CNC[C@H]1CCCN(Cc2nccn2CCOC)C1. The summed E-state index contributed by atoms with van der Waals surface area (Å²) in [6, 6.07) is 0. The lowest BCUT2D eigenvalue weighted by Gasteiger charge is -2.32. The maximum atomic E-state index is 5.14. The predicted molar refractivity (Wildman–Crippen MR) is 76.0 cm³/mol. The van der Waals surface area contributed by atoms with Crippen LogP contribution in [0.5, 0.6) is 0 Å². The molecule has 1 saturated heterocycles. The Balaban J connectivity index is 1.87. The first kappa shape index (κ1) is 14.5. The highest BCUT2D eigenvalue weighted by Gasteiger charge is 2.20. The molecule has 1 aromatic rings. The van der Waals surface area contributed by atoms with Gasteiger partial charge in [0.15, 0.2) is 0 Å². The van der Waals surface area contributed by atoms with Crippen molar-refractivity contribution in [2.24, 2.45) is 5.92 Å². The minimum atomic E-state index is 0.742. The highest BCUT2D eigenvalue weighted by Crippen LogP contribution is 2.17. The van der Waals surface area contributed by atoms with Gasteiger partial charge in [0, 0.05) is 32.6 Å². The quantitative estimate of drug-likeness (QED) is 0.798. The Kier molecular flexibility index (Phi) is 5.82. The second-order valence-electron chi connectivity index (χ2n) is 5.33. The molecule has 0 bridgehead atoms. The van der Waals surface area contributed by atoms with E-state index in [-0.39, 0.29) is 0 Å². The van der Waals surface area contributed by atoms with Crippen LogP contribution < -0.4 is 5.32 Å². The number of ether oxygens (including phenoxy) is 1. The van der Waals surface area contributed by atoms with Gasteiger partial charge in [-0.25, -0.2) is 4.98 Å². The van der Waals surface area contributed by atoms with Crippen LogP contribution in [-0.2, 0) is 17.8 Å². The number of rotatable bonds is 7. The fourth-order valence-electron chi connectivity index (χ4n) is 2.84. The molecule has 1 fully saturated rings. The Morgan fingerprint density at radius 3 is 3.21 bits per heavy atom. The van der Waals surface area contributed by atoms with Crippen LogP contribution in [0.1, 0.15) is 18.7 Å². The lowest BCUT2D eigenvalue weighted by Crippen LogP contribution is -2.39. The molecular weight excluding hydrogens is 240 g/mol. The maximum absolute atomic E-state index is 5.14. The van der Waals surface area contributed by atoms with Crippen molar-refractivity contribution in [1.82, 2.24) is 19.8 Å². The van der Waals surface area contributed by atoms with Crippen molar-refractivity contribution in [3.8, 4) is 0 Å². The lowest BCUT2D eigenvalue weighted by atomic mass is 9.98. The van der Waals surface area contributed by atoms with Crippen molar-refractivity contribution >= 4 is 0 Å². The van der Waals surface area contributed by atoms with Crippen molar-refractivity contribution in [2.75, 3.05) is 40.4 Å². The van der Waals surface area contributed by atoms with Gasteiger partial charge in [-0.15, -0.1) is 0 Å². The molecule has 0 aromatic carbocycles. The van der Waals surface area contributed by atoms with Gasteiger partial charge >= 0.3 is 0 Å². The summed E-state index contributed by atoms with van der Waals surface area (Å²) in [7, 11) is 3.78. The first-order valence-corrected chi connectivity index (χ1v) is 7.19. The molecule has 1 aromatic heterocycles. The fraction of sp³-hybridized carbons (Fsp3) is 0.786. The lowest BCUT2D eigenvalue weighted by molar-refractivity contribution is 0.157. The highest BCUT2D eigenvalue weighted by molar-refractivity contribution is 4.93. The molecule has 0 saturated carbocycles. The van der Waals surface area contributed by atoms with Gasteiger partial charge in [0.05, 0.1) is 13.2 Å². The molecule has 2 heterocycles. The van der Waals surface area contributed by atoms with E-state index in [0.717, 1.165) is 38.0 Å². The first-order chi connectivity index (χ1) is 9.33. The zero-order valence-corrected chi connectivity index (χ0v) is 12.1. The van der Waals surface area contributed by atoms with Crippen LogP contribution in [0.4, 0.5) is 0 Å². The summed E-state index contributed by atoms with van der Waals surface area (Å²) in [5, 5.41) is 3.29. The molecule has 1 aliphatic rings. The minimum absolute atomic E-state index is 0.742. The molecule has 2 rings (SSSR count). The number of likely N-dealkylation sites (tertiary alicyclic amines) is 1. The monoisotopic (exact) mass is 266 g/mol. The van der Waals surface area contributed by atoms with E-state index in [1.165, 1.54) is 25.9 Å². The van der Waals surface area contributed by atoms with Crippen molar-refractivity contribution < 1.29 is 4.74 Å². The number of nitrogens with one attached hydrogen (secondary N) is 1. The number of hydrogen-bond donors (Lipinski definition) is 1. The third kappa shape index (κ3) is 4.30. The van der Waals surface area contributed by atoms with E-state index in [4.69, 9.17) is 4.74 Å². The van der Waals surface area contributed by atoms with Crippen LogP contribution >= 0.6 is 0 Å². The van der Waals surface area contributed by atoms with E-state index in [0.29, 0.717) is 0 Å². The molecule has 19 heavy (non-hydrogen) atoms. The van der Waals surface area contributed by atoms with Crippen LogP contribution in [0.2, 0.25) is 0 Å². The van der Waals surface area contributed by atoms with Crippen molar-refractivity contribution in [1.29, 1.82) is 0 Å². The summed E-state index contributed by atoms with van der Waals surface area (Å²) < 4.78 is 7.34. The van der Waals surface area contributed by atoms with Gasteiger partial charge < -0.3 is 14.6 Å². The van der Waals surface area contributed by atoms with Crippen molar-refractivity contribution in [2.45, 2.75) is 25.9 Å². The van der Waals surface area contributed by atoms with Gasteiger partial charge in [-0.3, -0.25) is 4.90 Å². The van der Waals surface area contributed by atoms with Crippen LogP contribution in [0.15, 0.2) is 12.4 Å². The molecule has 108 valence electrons. The zero-order valence-electron chi connectivity index (χ0n) is 12.1. The average Bonchev–Trinajstić information content (AvgIpc) is 2.84. The molecule has 5 nitrogen and oxygen atoms in total. The van der Waals surface area contributed by atoms with E-state index in [9.17, 15) is 0 Å². The maximum Gasteiger partial charge on any atom is 0.122 e. The van der Waals surface area contributed by atoms with E-state index in [2.05, 4.69) is 19.8 Å². The standard InChI is InChI=1S/C14H26N4O/c1-15-10-13-4-3-6-17(11-13)12-14-16-5-7-18(14)8-9-19-2/h5,7,13,15H,3-4,6,8-12H2,1-2H3/t13-/m1/s1. The highest BCUT2D eigenvalue weighted by atomic mass is 16.5. The predicted octanol–water partition coefficient (Wildman–Crippen LogP) is 0.961. The van der Waals surface area contributed by atoms with Crippen LogP contribution in [0, 0.1) is 5.92 Å². The van der Waals surface area contributed by atoms with E-state index >= 15 is 0 Å². The van der Waals surface area contributed by atoms with Crippen LogP contribution in [0.25, 0.3) is 0 Å². The summed E-state index contributed by atoms with van der Waals surface area (Å²) in [6.45, 7) is 6.08. The number of piperidine rings is 1. The van der Waals surface area contributed by atoms with Crippen LogP contribution in [-0.4, -0.2) is 54.8 Å². The van der Waals surface area contributed by atoms with Crippen LogP contribution in [0.3, 0.4) is 0 Å². The smallest absolute Gasteiger partial charge is 0.122 e. The van der Waals surface area contributed by atoms with E-state index < -0.39 is 0 Å². The third-order valence-electron chi connectivity index (χ3n) is 3.80. The summed E-state index contributed by atoms with van der Waals surface area (Å²) in [6.07, 6.45) is 6.57. The van der Waals surface area contributed by atoms with Gasteiger partial charge in [-0.1, -0.05) is 0 Å². The van der Waals surface area contributed by atoms with Crippen molar-refractivity contribution in [3.63, 3.8) is 0 Å². The summed E-state index contributed by atoms with van der Waals surface area (Å²) in [5.41, 5.74) is 0. The molecule has 5 heteroatoms. The third-order valence-corrected chi connectivity index (χ3v) is 3.80. The second kappa shape index (κ2) is 7.62. The first-order valence-electron chi connectivity index (χ1n) is 7.19. The van der Waals surface area contributed by atoms with Gasteiger partial charge in [0.1, 0.15) is 5.82 Å². The molecule has 1 aliphatic heterocycles. The van der Waals surface area contributed by atoms with Gasteiger partial charge in [0.2, 0.25) is 0 Å². The fourth-order valence-corrected chi connectivity index (χ4v) is 2.84. The second-order valence-corrected chi connectivity index (χ2v) is 5.33. The largest absolute Gasteiger partial charge is 0.383 e. The summed E-state index contributed by atoms with van der Waals surface area (Å²) in [5.74, 6) is 1.93. The minimum Gasteiger partial charge on any atom is -0.383 e. The summed E-state index contributed by atoms with van der Waals surface area (Å²) in [4.78, 5) is 7.01. The topological polar surface area (TPSA) is 42.3 Å². The normalized spacial score (nSPS) is 20.8. The molecule has 0 aliphatic carbocycles. The van der Waals surface area contributed by atoms with Gasteiger partial charge in [-0.05, 0) is 38.9 Å². The number of hydrogen-bond acceptors (Lipinski definition) is 4. The van der Waals surface area contributed by atoms with Gasteiger partial charge in [-0.2, -0.15) is 0 Å². The number of methoxy groups -OCH3 is 1. The summed E-state index contributed by atoms with van der Waals surface area (Å²) >= 11 is 0. The molecule has 1 N–H and O–H groups in total. The molecule has 0 spiro atoms. The Morgan fingerprint density at radius 1 is 1.53 bits per heavy atom. The molecule has 0 unspecified atom stereocenters. The molecule has 1 atom stereocenters. The Hall–Kier alpha value is -0.910. The van der Waals surface area contributed by atoms with E-state index in [1.807, 2.05) is 19.4 Å². The zero-order chi connectivity index (χ0) is 13.5. The van der Waals surface area contributed by atoms with Crippen molar-refractivity contribution in [3.05, 3.63) is 18.2 Å².